The standard InChI is InChI=1S/C16H18ClN/c1-3-18-11-13-9-8-12(2)10-15(13)14-6-4-5-7-16(14)17/h4-10,18H,3,11H2,1-2H3. The molecule has 0 unspecified atom stereocenters. The lowest BCUT2D eigenvalue weighted by Crippen LogP contribution is -2.12. The molecular formula is C16H18ClN. The summed E-state index contributed by atoms with van der Waals surface area (Å²) < 4.78 is 0. The van der Waals surface area contributed by atoms with Gasteiger partial charge in [0.2, 0.25) is 0 Å². The van der Waals surface area contributed by atoms with Gasteiger partial charge in [-0.15, -0.1) is 0 Å². The second kappa shape index (κ2) is 6.03. The Morgan fingerprint density at radius 2 is 1.83 bits per heavy atom. The van der Waals surface area contributed by atoms with E-state index in [9.17, 15) is 0 Å². The third-order valence-electron chi connectivity index (χ3n) is 2.99. The van der Waals surface area contributed by atoms with Crippen LogP contribution in [-0.4, -0.2) is 6.54 Å². The van der Waals surface area contributed by atoms with E-state index in [0.717, 1.165) is 23.7 Å². The minimum atomic E-state index is 0.806. The maximum absolute atomic E-state index is 6.30. The van der Waals surface area contributed by atoms with Gasteiger partial charge < -0.3 is 5.32 Å². The smallest absolute Gasteiger partial charge is 0.0484 e. The zero-order valence-corrected chi connectivity index (χ0v) is 11.6. The first kappa shape index (κ1) is 13.1. The summed E-state index contributed by atoms with van der Waals surface area (Å²) >= 11 is 6.30. The molecule has 2 heteroatoms. The summed E-state index contributed by atoms with van der Waals surface area (Å²) in [6.07, 6.45) is 0. The number of nitrogens with one attached hydrogen (secondary N) is 1. The van der Waals surface area contributed by atoms with Crippen LogP contribution in [0.5, 0.6) is 0 Å². The molecule has 2 aromatic rings. The van der Waals surface area contributed by atoms with E-state index in [4.69, 9.17) is 11.6 Å². The van der Waals surface area contributed by atoms with Gasteiger partial charge in [0.1, 0.15) is 0 Å². The maximum atomic E-state index is 6.30. The summed E-state index contributed by atoms with van der Waals surface area (Å²) in [6.45, 7) is 6.06. The van der Waals surface area contributed by atoms with Gasteiger partial charge in [-0.25, -0.2) is 0 Å². The highest BCUT2D eigenvalue weighted by molar-refractivity contribution is 6.33. The molecule has 0 atom stereocenters. The van der Waals surface area contributed by atoms with Crippen molar-refractivity contribution in [2.24, 2.45) is 0 Å². The van der Waals surface area contributed by atoms with Crippen molar-refractivity contribution in [1.82, 2.24) is 5.32 Å². The fourth-order valence-corrected chi connectivity index (χ4v) is 2.27. The highest BCUT2D eigenvalue weighted by Crippen LogP contribution is 2.31. The van der Waals surface area contributed by atoms with Gasteiger partial charge in [0.05, 0.1) is 0 Å². The van der Waals surface area contributed by atoms with Crippen LogP contribution in [0.3, 0.4) is 0 Å². The van der Waals surface area contributed by atoms with Gasteiger partial charge >= 0.3 is 0 Å². The van der Waals surface area contributed by atoms with Gasteiger partial charge in [0.15, 0.2) is 0 Å². The highest BCUT2D eigenvalue weighted by atomic mass is 35.5. The van der Waals surface area contributed by atoms with Crippen LogP contribution in [0.25, 0.3) is 11.1 Å². The molecule has 18 heavy (non-hydrogen) atoms. The summed E-state index contributed by atoms with van der Waals surface area (Å²) in [5, 5.41) is 4.18. The number of hydrogen-bond acceptors (Lipinski definition) is 1. The third-order valence-corrected chi connectivity index (χ3v) is 3.32. The van der Waals surface area contributed by atoms with Gasteiger partial charge in [-0.05, 0) is 30.7 Å². The molecule has 0 aliphatic carbocycles. The lowest BCUT2D eigenvalue weighted by molar-refractivity contribution is 0.728. The Balaban J connectivity index is 2.48. The molecular weight excluding hydrogens is 242 g/mol. The molecule has 0 aliphatic rings. The number of halogens is 1. The fourth-order valence-electron chi connectivity index (χ4n) is 2.03. The first-order valence-corrected chi connectivity index (χ1v) is 6.65. The van der Waals surface area contributed by atoms with Crippen LogP contribution in [0.15, 0.2) is 42.5 Å². The van der Waals surface area contributed by atoms with Crippen molar-refractivity contribution >= 4 is 11.6 Å². The predicted octanol–water partition coefficient (Wildman–Crippen LogP) is 4.42. The topological polar surface area (TPSA) is 12.0 Å². The van der Waals surface area contributed by atoms with Gasteiger partial charge in [0.25, 0.3) is 0 Å². The summed E-state index contributed by atoms with van der Waals surface area (Å²) in [5.41, 5.74) is 4.87. The van der Waals surface area contributed by atoms with Gasteiger partial charge in [-0.2, -0.15) is 0 Å². The molecule has 0 amide bonds. The Labute approximate surface area is 114 Å². The molecule has 2 rings (SSSR count). The van der Waals surface area contributed by atoms with E-state index < -0.39 is 0 Å². The monoisotopic (exact) mass is 259 g/mol. The predicted molar refractivity (Wildman–Crippen MR) is 79.0 cm³/mol. The van der Waals surface area contributed by atoms with Crippen LogP contribution >= 0.6 is 11.6 Å². The second-order valence-electron chi connectivity index (χ2n) is 4.42. The number of hydrogen-bond donors (Lipinski definition) is 1. The minimum absolute atomic E-state index is 0.806. The molecule has 0 spiro atoms. The van der Waals surface area contributed by atoms with Crippen molar-refractivity contribution in [3.63, 3.8) is 0 Å². The van der Waals surface area contributed by atoms with Crippen LogP contribution in [0.1, 0.15) is 18.1 Å². The molecule has 0 saturated carbocycles. The van der Waals surface area contributed by atoms with Crippen LogP contribution in [-0.2, 0) is 6.54 Å². The Hall–Kier alpha value is -1.31. The average molecular weight is 260 g/mol. The first-order valence-electron chi connectivity index (χ1n) is 6.27. The molecule has 0 aromatic heterocycles. The zero-order chi connectivity index (χ0) is 13.0. The van der Waals surface area contributed by atoms with Crippen LogP contribution in [0.2, 0.25) is 5.02 Å². The largest absolute Gasteiger partial charge is 0.313 e. The summed E-state index contributed by atoms with van der Waals surface area (Å²) in [5.74, 6) is 0. The fraction of sp³-hybridized carbons (Fsp3) is 0.250. The highest BCUT2D eigenvalue weighted by Gasteiger charge is 2.08. The van der Waals surface area contributed by atoms with E-state index in [0.29, 0.717) is 0 Å². The molecule has 0 aliphatic heterocycles. The number of rotatable bonds is 4. The second-order valence-corrected chi connectivity index (χ2v) is 4.83. The normalized spacial score (nSPS) is 10.6. The molecule has 0 bridgehead atoms. The third kappa shape index (κ3) is 2.92. The van der Waals surface area contributed by atoms with Gasteiger partial charge in [-0.3, -0.25) is 0 Å². The summed E-state index contributed by atoms with van der Waals surface area (Å²) in [6, 6.07) is 14.5. The van der Waals surface area contributed by atoms with Crippen molar-refractivity contribution < 1.29 is 0 Å². The van der Waals surface area contributed by atoms with Crippen molar-refractivity contribution in [2.45, 2.75) is 20.4 Å². The molecule has 0 heterocycles. The zero-order valence-electron chi connectivity index (χ0n) is 10.8. The van der Waals surface area contributed by atoms with Crippen LogP contribution < -0.4 is 5.32 Å². The molecule has 1 N–H and O–H groups in total. The molecule has 0 radical (unpaired) electrons. The van der Waals surface area contributed by atoms with Crippen LogP contribution in [0.4, 0.5) is 0 Å². The van der Waals surface area contributed by atoms with E-state index in [1.165, 1.54) is 16.7 Å². The molecule has 0 fully saturated rings. The van der Waals surface area contributed by atoms with Gasteiger partial charge in [-0.1, -0.05) is 60.5 Å². The van der Waals surface area contributed by atoms with Crippen molar-refractivity contribution in [3.8, 4) is 11.1 Å². The lowest BCUT2D eigenvalue weighted by Gasteiger charge is -2.12. The van der Waals surface area contributed by atoms with Crippen molar-refractivity contribution in [3.05, 3.63) is 58.6 Å². The van der Waals surface area contributed by atoms with E-state index in [-0.39, 0.29) is 0 Å². The number of aryl methyl sites for hydroxylation is 1. The SMILES string of the molecule is CCNCc1ccc(C)cc1-c1ccccc1Cl. The Morgan fingerprint density at radius 3 is 2.56 bits per heavy atom. The van der Waals surface area contributed by atoms with E-state index in [1.54, 1.807) is 0 Å². The Morgan fingerprint density at radius 1 is 1.06 bits per heavy atom. The minimum Gasteiger partial charge on any atom is -0.313 e. The molecule has 0 saturated heterocycles. The van der Waals surface area contributed by atoms with E-state index >= 15 is 0 Å². The number of benzene rings is 2. The van der Waals surface area contributed by atoms with Crippen molar-refractivity contribution in [2.75, 3.05) is 6.54 Å². The molecule has 1 nitrogen and oxygen atoms in total. The summed E-state index contributed by atoms with van der Waals surface area (Å²) in [4.78, 5) is 0. The average Bonchev–Trinajstić information content (AvgIpc) is 2.38. The van der Waals surface area contributed by atoms with E-state index in [1.807, 2.05) is 18.2 Å². The Bertz CT molecular complexity index is 534. The first-order chi connectivity index (χ1) is 8.72. The van der Waals surface area contributed by atoms with E-state index in [2.05, 4.69) is 43.4 Å². The maximum Gasteiger partial charge on any atom is 0.0484 e. The summed E-state index contributed by atoms with van der Waals surface area (Å²) in [7, 11) is 0. The van der Waals surface area contributed by atoms with Crippen LogP contribution in [0, 0.1) is 6.92 Å². The molecule has 94 valence electrons. The Kier molecular flexibility index (Phi) is 4.40. The quantitative estimate of drug-likeness (QED) is 0.857. The van der Waals surface area contributed by atoms with Crippen molar-refractivity contribution in [1.29, 1.82) is 0 Å². The molecule has 2 aromatic carbocycles. The lowest BCUT2D eigenvalue weighted by atomic mass is 9.97. The van der Waals surface area contributed by atoms with Gasteiger partial charge in [0, 0.05) is 17.1 Å².